The van der Waals surface area contributed by atoms with Crippen molar-refractivity contribution >= 4 is 35.7 Å². The number of nitrogens with zero attached hydrogens (tertiary/aromatic N) is 2. The summed E-state index contributed by atoms with van der Waals surface area (Å²) in [4.78, 5) is 8.27. The number of hydrogen-bond donors (Lipinski definition) is 2. The first kappa shape index (κ1) is 12.5. The van der Waals surface area contributed by atoms with Crippen LogP contribution in [0.15, 0.2) is 9.98 Å². The Morgan fingerprint density at radius 1 is 1.69 bits per heavy atom. The van der Waals surface area contributed by atoms with Crippen LogP contribution in [0.2, 0.25) is 0 Å². The number of alkyl halides is 1. The van der Waals surface area contributed by atoms with E-state index in [1.165, 1.54) is 0 Å². The monoisotopic (exact) mass is 224 g/mol. The van der Waals surface area contributed by atoms with Crippen LogP contribution in [0.25, 0.3) is 0 Å². The lowest BCUT2D eigenvalue weighted by atomic mass is 10.4. The SMILES string of the molecule is Cl.NC(CCl)=NCCC1=NCCN1. The fourth-order valence-corrected chi connectivity index (χ4v) is 1.05. The van der Waals surface area contributed by atoms with Gasteiger partial charge < -0.3 is 11.1 Å². The topological polar surface area (TPSA) is 62.8 Å². The zero-order valence-electron chi connectivity index (χ0n) is 7.29. The standard InChI is InChI=1S/C7H13ClN4.ClH/c8-5-6(9)10-2-1-7-11-3-4-12-7;/h1-5H2,(H2,9,10)(H,11,12);1H. The van der Waals surface area contributed by atoms with E-state index in [9.17, 15) is 0 Å². The zero-order chi connectivity index (χ0) is 8.81. The maximum Gasteiger partial charge on any atom is 0.109 e. The first-order chi connectivity index (χ1) is 5.83. The van der Waals surface area contributed by atoms with Gasteiger partial charge in [0.1, 0.15) is 5.84 Å². The minimum atomic E-state index is 0. The second-order valence-corrected chi connectivity index (χ2v) is 2.78. The number of rotatable bonds is 4. The molecule has 1 aliphatic rings. The van der Waals surface area contributed by atoms with E-state index >= 15 is 0 Å². The van der Waals surface area contributed by atoms with Crippen LogP contribution in [-0.2, 0) is 0 Å². The summed E-state index contributed by atoms with van der Waals surface area (Å²) in [6.07, 6.45) is 0.831. The maximum atomic E-state index is 5.45. The Kier molecular flexibility index (Phi) is 6.72. The van der Waals surface area contributed by atoms with E-state index in [1.807, 2.05) is 0 Å². The second-order valence-electron chi connectivity index (χ2n) is 2.51. The minimum Gasteiger partial charge on any atom is -0.386 e. The van der Waals surface area contributed by atoms with Crippen molar-refractivity contribution < 1.29 is 0 Å². The predicted octanol–water partition coefficient (Wildman–Crippen LogP) is 0.396. The first-order valence-corrected chi connectivity index (χ1v) is 4.48. The summed E-state index contributed by atoms with van der Waals surface area (Å²) in [6, 6.07) is 0. The molecule has 0 aliphatic carbocycles. The molecule has 1 aliphatic heterocycles. The van der Waals surface area contributed by atoms with E-state index in [1.54, 1.807) is 0 Å². The molecule has 1 rings (SSSR count). The van der Waals surface area contributed by atoms with Gasteiger partial charge in [0, 0.05) is 19.5 Å². The highest BCUT2D eigenvalue weighted by atomic mass is 35.5. The molecular formula is C7H14Cl2N4. The van der Waals surface area contributed by atoms with E-state index < -0.39 is 0 Å². The van der Waals surface area contributed by atoms with Gasteiger partial charge in [-0.3, -0.25) is 9.98 Å². The molecule has 0 bridgehead atoms. The average Bonchev–Trinajstić information content (AvgIpc) is 2.57. The highest BCUT2D eigenvalue weighted by molar-refractivity contribution is 6.27. The lowest BCUT2D eigenvalue weighted by molar-refractivity contribution is 0.936. The van der Waals surface area contributed by atoms with E-state index in [0.29, 0.717) is 18.3 Å². The first-order valence-electron chi connectivity index (χ1n) is 3.95. The van der Waals surface area contributed by atoms with Gasteiger partial charge in [-0.1, -0.05) is 0 Å². The summed E-state index contributed by atoms with van der Waals surface area (Å²) in [5.74, 6) is 1.83. The number of halogens is 2. The average molecular weight is 225 g/mol. The summed E-state index contributed by atoms with van der Waals surface area (Å²) in [5, 5.41) is 3.16. The lowest BCUT2D eigenvalue weighted by Gasteiger charge is -1.98. The summed E-state index contributed by atoms with van der Waals surface area (Å²) < 4.78 is 0. The van der Waals surface area contributed by atoms with E-state index in [2.05, 4.69) is 15.3 Å². The van der Waals surface area contributed by atoms with Gasteiger partial charge in [0.25, 0.3) is 0 Å². The molecule has 6 heteroatoms. The molecule has 0 spiro atoms. The van der Waals surface area contributed by atoms with Crippen molar-refractivity contribution in [1.29, 1.82) is 0 Å². The molecule has 4 nitrogen and oxygen atoms in total. The summed E-state index contributed by atoms with van der Waals surface area (Å²) in [7, 11) is 0. The summed E-state index contributed by atoms with van der Waals surface area (Å²) in [5.41, 5.74) is 5.42. The zero-order valence-corrected chi connectivity index (χ0v) is 8.87. The van der Waals surface area contributed by atoms with Crippen molar-refractivity contribution in [2.45, 2.75) is 6.42 Å². The number of hydrogen-bond acceptors (Lipinski definition) is 3. The Hall–Kier alpha value is -0.480. The van der Waals surface area contributed by atoms with Crippen LogP contribution in [0.3, 0.4) is 0 Å². The number of amidine groups is 2. The molecule has 0 saturated heterocycles. The van der Waals surface area contributed by atoms with Gasteiger partial charge in [-0.25, -0.2) is 0 Å². The van der Waals surface area contributed by atoms with Gasteiger partial charge in [-0.2, -0.15) is 0 Å². The molecular weight excluding hydrogens is 211 g/mol. The normalized spacial score (nSPS) is 16.1. The fraction of sp³-hybridized carbons (Fsp3) is 0.714. The highest BCUT2D eigenvalue weighted by Crippen LogP contribution is 1.91. The van der Waals surface area contributed by atoms with Crippen LogP contribution in [0.1, 0.15) is 6.42 Å². The Balaban J connectivity index is 0.00000144. The minimum absolute atomic E-state index is 0. The Bertz CT molecular complexity index is 203. The van der Waals surface area contributed by atoms with E-state index in [4.69, 9.17) is 17.3 Å². The molecule has 0 aromatic rings. The molecule has 3 N–H and O–H groups in total. The molecule has 1 heterocycles. The molecule has 0 fully saturated rings. The Labute approximate surface area is 89.1 Å². The molecule has 0 aromatic heterocycles. The largest absolute Gasteiger partial charge is 0.386 e. The number of aliphatic imine (C=N–C) groups is 2. The van der Waals surface area contributed by atoms with Gasteiger partial charge in [0.15, 0.2) is 0 Å². The quantitative estimate of drug-likeness (QED) is 0.413. The van der Waals surface area contributed by atoms with Gasteiger partial charge in [0.05, 0.1) is 18.3 Å². The molecule has 76 valence electrons. The van der Waals surface area contributed by atoms with Crippen molar-refractivity contribution in [2.75, 3.05) is 25.5 Å². The van der Waals surface area contributed by atoms with Gasteiger partial charge in [-0.05, 0) is 0 Å². The van der Waals surface area contributed by atoms with Crippen molar-refractivity contribution in [1.82, 2.24) is 5.32 Å². The molecule has 0 unspecified atom stereocenters. The Morgan fingerprint density at radius 2 is 2.46 bits per heavy atom. The molecule has 0 amide bonds. The van der Waals surface area contributed by atoms with Gasteiger partial charge in [-0.15, -0.1) is 24.0 Å². The molecule has 0 saturated carbocycles. The van der Waals surface area contributed by atoms with Crippen LogP contribution in [-0.4, -0.2) is 37.2 Å². The maximum absolute atomic E-state index is 5.45. The fourth-order valence-electron chi connectivity index (χ4n) is 0.962. The summed E-state index contributed by atoms with van der Waals surface area (Å²) >= 11 is 5.45. The van der Waals surface area contributed by atoms with Crippen molar-refractivity contribution in [3.63, 3.8) is 0 Å². The van der Waals surface area contributed by atoms with Crippen LogP contribution >= 0.6 is 24.0 Å². The third-order valence-electron chi connectivity index (χ3n) is 1.54. The highest BCUT2D eigenvalue weighted by Gasteiger charge is 2.02. The third-order valence-corrected chi connectivity index (χ3v) is 1.82. The Morgan fingerprint density at radius 3 is 3.00 bits per heavy atom. The molecule has 0 aromatic carbocycles. The van der Waals surface area contributed by atoms with Crippen molar-refractivity contribution in [2.24, 2.45) is 15.7 Å². The third kappa shape index (κ3) is 4.95. The van der Waals surface area contributed by atoms with Crippen LogP contribution in [0.4, 0.5) is 0 Å². The smallest absolute Gasteiger partial charge is 0.109 e. The van der Waals surface area contributed by atoms with E-state index in [-0.39, 0.29) is 12.4 Å². The van der Waals surface area contributed by atoms with Gasteiger partial charge >= 0.3 is 0 Å². The van der Waals surface area contributed by atoms with Gasteiger partial charge in [0.2, 0.25) is 0 Å². The second kappa shape index (κ2) is 6.97. The van der Waals surface area contributed by atoms with Crippen LogP contribution in [0.5, 0.6) is 0 Å². The molecule has 0 radical (unpaired) electrons. The van der Waals surface area contributed by atoms with Crippen LogP contribution < -0.4 is 11.1 Å². The van der Waals surface area contributed by atoms with Crippen molar-refractivity contribution in [3.05, 3.63) is 0 Å². The molecule has 0 atom stereocenters. The van der Waals surface area contributed by atoms with E-state index in [0.717, 1.165) is 25.3 Å². The number of nitrogens with one attached hydrogen (secondary N) is 1. The molecule has 13 heavy (non-hydrogen) atoms. The van der Waals surface area contributed by atoms with Crippen molar-refractivity contribution in [3.8, 4) is 0 Å². The summed E-state index contributed by atoms with van der Waals surface area (Å²) in [6.45, 7) is 2.50. The lowest BCUT2D eigenvalue weighted by Crippen LogP contribution is -2.20. The number of nitrogens with two attached hydrogens (primary N) is 1. The van der Waals surface area contributed by atoms with Crippen LogP contribution in [0, 0.1) is 0 Å². The predicted molar refractivity (Wildman–Crippen MR) is 59.4 cm³/mol.